The Balaban J connectivity index is 2.19. The van der Waals surface area contributed by atoms with E-state index < -0.39 is 0 Å². The molecule has 14 heavy (non-hydrogen) atoms. The van der Waals surface area contributed by atoms with Crippen LogP contribution in [0.25, 0.3) is 0 Å². The third-order valence-electron chi connectivity index (χ3n) is 2.76. The van der Waals surface area contributed by atoms with Gasteiger partial charge in [0.1, 0.15) is 5.01 Å². The summed E-state index contributed by atoms with van der Waals surface area (Å²) < 4.78 is 0. The van der Waals surface area contributed by atoms with Crippen molar-refractivity contribution < 1.29 is 0 Å². The van der Waals surface area contributed by atoms with Crippen molar-refractivity contribution in [1.82, 2.24) is 4.98 Å². The third-order valence-corrected chi connectivity index (χ3v) is 5.51. The van der Waals surface area contributed by atoms with Crippen molar-refractivity contribution in [3.8, 4) is 0 Å². The quantitative estimate of drug-likeness (QED) is 0.844. The maximum Gasteiger partial charge on any atom is 0.106 e. The molecule has 1 aliphatic heterocycles. The normalized spacial score (nSPS) is 27.9. The van der Waals surface area contributed by atoms with Gasteiger partial charge >= 0.3 is 0 Å². The molecule has 2 heterocycles. The summed E-state index contributed by atoms with van der Waals surface area (Å²) >= 11 is 3.85. The van der Waals surface area contributed by atoms with Crippen LogP contribution in [-0.4, -0.2) is 16.5 Å². The van der Waals surface area contributed by atoms with Crippen LogP contribution in [0.3, 0.4) is 0 Å². The second-order valence-corrected chi connectivity index (χ2v) is 6.26. The van der Waals surface area contributed by atoms with Gasteiger partial charge in [-0.2, -0.15) is 11.8 Å². The Labute approximate surface area is 93.3 Å². The zero-order valence-electron chi connectivity index (χ0n) is 8.45. The van der Waals surface area contributed by atoms with E-state index in [1.807, 2.05) is 6.20 Å². The fraction of sp³-hybridized carbons (Fsp3) is 0.700. The molecule has 0 saturated carbocycles. The molecule has 1 atom stereocenters. The number of rotatable bonds is 2. The monoisotopic (exact) mass is 228 g/mol. The third kappa shape index (κ3) is 1.97. The van der Waals surface area contributed by atoms with Crippen LogP contribution in [0.1, 0.15) is 29.7 Å². The standard InChI is InChI=1S/C10H16N2S2/c1-10(3-2-4-13-7-10)8-6-12-9(5-11)14-8/h6H,2-5,7,11H2,1H3. The lowest BCUT2D eigenvalue weighted by atomic mass is 9.86. The van der Waals surface area contributed by atoms with E-state index in [-0.39, 0.29) is 0 Å². The molecule has 78 valence electrons. The van der Waals surface area contributed by atoms with Gasteiger partial charge in [-0.25, -0.2) is 4.98 Å². The minimum atomic E-state index is 0.355. The molecule has 0 spiro atoms. The smallest absolute Gasteiger partial charge is 0.106 e. The highest BCUT2D eigenvalue weighted by Crippen LogP contribution is 2.39. The number of aromatic nitrogens is 1. The Hall–Kier alpha value is -0.0600. The minimum absolute atomic E-state index is 0.355. The minimum Gasteiger partial charge on any atom is -0.325 e. The summed E-state index contributed by atoms with van der Waals surface area (Å²) in [5.74, 6) is 2.55. The van der Waals surface area contributed by atoms with Crippen LogP contribution < -0.4 is 5.73 Å². The van der Waals surface area contributed by atoms with Crippen LogP contribution in [0.15, 0.2) is 6.20 Å². The molecule has 2 N–H and O–H groups in total. The van der Waals surface area contributed by atoms with Crippen LogP contribution in [-0.2, 0) is 12.0 Å². The molecular weight excluding hydrogens is 212 g/mol. The van der Waals surface area contributed by atoms with Gasteiger partial charge in [0.05, 0.1) is 0 Å². The largest absolute Gasteiger partial charge is 0.325 e. The maximum absolute atomic E-state index is 5.58. The van der Waals surface area contributed by atoms with E-state index in [0.717, 1.165) is 5.01 Å². The topological polar surface area (TPSA) is 38.9 Å². The fourth-order valence-corrected chi connectivity index (χ4v) is 4.12. The van der Waals surface area contributed by atoms with Gasteiger partial charge in [0.15, 0.2) is 0 Å². The van der Waals surface area contributed by atoms with Gasteiger partial charge < -0.3 is 5.73 Å². The first kappa shape index (κ1) is 10.5. The van der Waals surface area contributed by atoms with Gasteiger partial charge in [-0.3, -0.25) is 0 Å². The lowest BCUT2D eigenvalue weighted by Gasteiger charge is -2.31. The molecule has 0 aliphatic carbocycles. The molecule has 0 aromatic carbocycles. The molecule has 1 aromatic heterocycles. The van der Waals surface area contributed by atoms with E-state index in [1.165, 1.54) is 29.2 Å². The Morgan fingerprint density at radius 1 is 1.64 bits per heavy atom. The SMILES string of the molecule is CC1(c2cnc(CN)s2)CCCSC1. The Morgan fingerprint density at radius 2 is 2.50 bits per heavy atom. The summed E-state index contributed by atoms with van der Waals surface area (Å²) in [7, 11) is 0. The van der Waals surface area contributed by atoms with E-state index in [4.69, 9.17) is 5.73 Å². The number of nitrogens with two attached hydrogens (primary N) is 1. The molecule has 0 amide bonds. The number of nitrogens with zero attached hydrogens (tertiary/aromatic N) is 1. The Bertz CT molecular complexity index is 303. The van der Waals surface area contributed by atoms with Crippen molar-refractivity contribution in [2.75, 3.05) is 11.5 Å². The zero-order valence-corrected chi connectivity index (χ0v) is 10.1. The van der Waals surface area contributed by atoms with E-state index in [1.54, 1.807) is 11.3 Å². The summed E-state index contributed by atoms with van der Waals surface area (Å²) in [6.45, 7) is 2.93. The second kappa shape index (κ2) is 4.21. The summed E-state index contributed by atoms with van der Waals surface area (Å²) in [4.78, 5) is 5.76. The Morgan fingerprint density at radius 3 is 3.07 bits per heavy atom. The van der Waals surface area contributed by atoms with Crippen LogP contribution in [0, 0.1) is 0 Å². The van der Waals surface area contributed by atoms with Crippen molar-refractivity contribution in [2.24, 2.45) is 5.73 Å². The molecule has 4 heteroatoms. The van der Waals surface area contributed by atoms with Crippen molar-refractivity contribution in [2.45, 2.75) is 31.7 Å². The highest BCUT2D eigenvalue weighted by molar-refractivity contribution is 7.99. The first-order valence-corrected chi connectivity index (χ1v) is 6.95. The molecule has 0 bridgehead atoms. The molecule has 2 rings (SSSR count). The molecule has 1 saturated heterocycles. The van der Waals surface area contributed by atoms with Crippen molar-refractivity contribution >= 4 is 23.1 Å². The average molecular weight is 228 g/mol. The fourth-order valence-electron chi connectivity index (χ4n) is 1.81. The first-order valence-electron chi connectivity index (χ1n) is 4.97. The maximum atomic E-state index is 5.58. The number of hydrogen-bond donors (Lipinski definition) is 1. The van der Waals surface area contributed by atoms with Crippen LogP contribution in [0.2, 0.25) is 0 Å². The van der Waals surface area contributed by atoms with Gasteiger partial charge in [-0.05, 0) is 18.6 Å². The second-order valence-electron chi connectivity index (χ2n) is 4.04. The van der Waals surface area contributed by atoms with Crippen LogP contribution in [0.5, 0.6) is 0 Å². The zero-order chi connectivity index (χ0) is 10.0. The van der Waals surface area contributed by atoms with Crippen LogP contribution in [0.4, 0.5) is 0 Å². The lowest BCUT2D eigenvalue weighted by molar-refractivity contribution is 0.481. The van der Waals surface area contributed by atoms with Gasteiger partial charge in [-0.1, -0.05) is 6.92 Å². The predicted octanol–water partition coefficient (Wildman–Crippen LogP) is 2.39. The molecule has 1 unspecified atom stereocenters. The van der Waals surface area contributed by atoms with Gasteiger partial charge in [-0.15, -0.1) is 11.3 Å². The summed E-state index contributed by atoms with van der Waals surface area (Å²) in [6, 6.07) is 0. The number of hydrogen-bond acceptors (Lipinski definition) is 4. The highest BCUT2D eigenvalue weighted by Gasteiger charge is 2.30. The van der Waals surface area contributed by atoms with Crippen molar-refractivity contribution in [3.05, 3.63) is 16.1 Å². The van der Waals surface area contributed by atoms with Crippen molar-refractivity contribution in [1.29, 1.82) is 0 Å². The van der Waals surface area contributed by atoms with E-state index in [9.17, 15) is 0 Å². The molecule has 1 aliphatic rings. The summed E-state index contributed by atoms with van der Waals surface area (Å²) in [5, 5.41) is 1.07. The molecular formula is C10H16N2S2. The lowest BCUT2D eigenvalue weighted by Crippen LogP contribution is -2.27. The molecule has 2 nitrogen and oxygen atoms in total. The average Bonchev–Trinajstić information content (AvgIpc) is 2.67. The number of thioether (sulfide) groups is 1. The van der Waals surface area contributed by atoms with Gasteiger partial charge in [0.2, 0.25) is 0 Å². The molecule has 1 fully saturated rings. The van der Waals surface area contributed by atoms with Crippen molar-refractivity contribution in [3.63, 3.8) is 0 Å². The van der Waals surface area contributed by atoms with E-state index in [0.29, 0.717) is 12.0 Å². The van der Waals surface area contributed by atoms with E-state index >= 15 is 0 Å². The summed E-state index contributed by atoms with van der Waals surface area (Å²) in [5.41, 5.74) is 5.93. The molecule has 0 radical (unpaired) electrons. The van der Waals surface area contributed by atoms with Gasteiger partial charge in [0, 0.05) is 28.8 Å². The number of thiazole rings is 1. The van der Waals surface area contributed by atoms with E-state index in [2.05, 4.69) is 23.7 Å². The Kier molecular flexibility index (Phi) is 3.14. The van der Waals surface area contributed by atoms with Crippen LogP contribution >= 0.6 is 23.1 Å². The predicted molar refractivity (Wildman–Crippen MR) is 63.9 cm³/mol. The first-order chi connectivity index (χ1) is 6.74. The van der Waals surface area contributed by atoms with Gasteiger partial charge in [0.25, 0.3) is 0 Å². The summed E-state index contributed by atoms with van der Waals surface area (Å²) in [6.07, 6.45) is 4.65. The molecule has 1 aromatic rings. The highest BCUT2D eigenvalue weighted by atomic mass is 32.2.